The van der Waals surface area contributed by atoms with E-state index in [1.54, 1.807) is 20.8 Å². The first-order valence-electron chi connectivity index (χ1n) is 5.01. The Labute approximate surface area is 106 Å². The fourth-order valence-corrected chi connectivity index (χ4v) is 1.15. The summed E-state index contributed by atoms with van der Waals surface area (Å²) in [7, 11) is 1.21. The molecule has 0 rings (SSSR count). The molecule has 3 N–H and O–H groups in total. The van der Waals surface area contributed by atoms with Crippen molar-refractivity contribution in [2.45, 2.75) is 38.8 Å². The largest absolute Gasteiger partial charge is 0.467 e. The van der Waals surface area contributed by atoms with E-state index in [0.717, 1.165) is 0 Å². The van der Waals surface area contributed by atoms with Crippen LogP contribution in [0.1, 0.15) is 27.2 Å². The van der Waals surface area contributed by atoms with Gasteiger partial charge in [0.2, 0.25) is 0 Å². The van der Waals surface area contributed by atoms with Gasteiger partial charge in [0, 0.05) is 6.42 Å². The van der Waals surface area contributed by atoms with E-state index in [-0.39, 0.29) is 11.4 Å². The number of hydrogen-bond donors (Lipinski definition) is 2. The fraction of sp³-hybridized carbons (Fsp3) is 0.700. The molecule has 7 heteroatoms. The molecule has 0 fully saturated rings. The van der Waals surface area contributed by atoms with Gasteiger partial charge < -0.3 is 20.5 Å². The number of rotatable bonds is 4. The number of thiocarbonyl (C=S) groups is 1. The Bertz CT molecular complexity index is 312. The predicted molar refractivity (Wildman–Crippen MR) is 66.6 cm³/mol. The number of ether oxygens (including phenoxy) is 2. The average molecular weight is 262 g/mol. The highest BCUT2D eigenvalue weighted by atomic mass is 32.1. The summed E-state index contributed by atoms with van der Waals surface area (Å²) in [5, 5.41) is 2.35. The minimum atomic E-state index is -0.924. The van der Waals surface area contributed by atoms with E-state index in [2.05, 4.69) is 22.3 Å². The van der Waals surface area contributed by atoms with E-state index in [0.29, 0.717) is 0 Å². The quantitative estimate of drug-likeness (QED) is 0.573. The molecule has 0 aliphatic heterocycles. The number of alkyl carbamates (subject to hydrolysis) is 1. The lowest BCUT2D eigenvalue weighted by atomic mass is 10.2. The molecule has 0 aromatic heterocycles. The Kier molecular flexibility index (Phi) is 5.87. The maximum Gasteiger partial charge on any atom is 0.408 e. The van der Waals surface area contributed by atoms with Crippen molar-refractivity contribution in [2.75, 3.05) is 7.11 Å². The van der Waals surface area contributed by atoms with Crippen LogP contribution in [0.4, 0.5) is 4.79 Å². The van der Waals surface area contributed by atoms with Gasteiger partial charge in [0.1, 0.15) is 11.6 Å². The second kappa shape index (κ2) is 6.39. The van der Waals surface area contributed by atoms with Crippen LogP contribution < -0.4 is 11.1 Å². The van der Waals surface area contributed by atoms with Crippen molar-refractivity contribution in [3.05, 3.63) is 0 Å². The summed E-state index contributed by atoms with van der Waals surface area (Å²) in [4.78, 5) is 22.9. The number of hydrogen-bond acceptors (Lipinski definition) is 5. The standard InChI is InChI=1S/C10H18N2O4S/c1-10(2,3)16-9(14)12-6(5-7(11)17)8(13)15-4/h6H,5H2,1-4H3,(H2,11,17)(H,12,14). The molecule has 17 heavy (non-hydrogen) atoms. The Morgan fingerprint density at radius 2 is 1.94 bits per heavy atom. The summed E-state index contributed by atoms with van der Waals surface area (Å²) in [6, 6.07) is -0.924. The Hall–Kier alpha value is -1.37. The highest BCUT2D eigenvalue weighted by molar-refractivity contribution is 7.80. The van der Waals surface area contributed by atoms with Crippen LogP contribution in [0.25, 0.3) is 0 Å². The van der Waals surface area contributed by atoms with Gasteiger partial charge in [-0.05, 0) is 20.8 Å². The number of methoxy groups -OCH3 is 1. The normalized spacial score (nSPS) is 12.5. The highest BCUT2D eigenvalue weighted by Crippen LogP contribution is 2.07. The van der Waals surface area contributed by atoms with Gasteiger partial charge in [-0.3, -0.25) is 0 Å². The second-order valence-corrected chi connectivity index (χ2v) is 4.92. The minimum absolute atomic E-state index is 0.0290. The minimum Gasteiger partial charge on any atom is -0.467 e. The first kappa shape index (κ1) is 15.6. The monoisotopic (exact) mass is 262 g/mol. The lowest BCUT2D eigenvalue weighted by Crippen LogP contribution is -2.45. The van der Waals surface area contributed by atoms with Crippen molar-refractivity contribution in [3.8, 4) is 0 Å². The molecule has 0 saturated carbocycles. The number of esters is 1. The molecule has 1 atom stereocenters. The van der Waals surface area contributed by atoms with Gasteiger partial charge in [-0.1, -0.05) is 12.2 Å². The molecule has 0 saturated heterocycles. The van der Waals surface area contributed by atoms with E-state index in [1.165, 1.54) is 7.11 Å². The van der Waals surface area contributed by atoms with Gasteiger partial charge >= 0.3 is 12.1 Å². The summed E-state index contributed by atoms with van der Waals surface area (Å²) < 4.78 is 9.52. The molecule has 0 aliphatic rings. The maximum atomic E-state index is 11.4. The second-order valence-electron chi connectivity index (χ2n) is 4.39. The van der Waals surface area contributed by atoms with Gasteiger partial charge in [0.05, 0.1) is 12.1 Å². The third-order valence-corrected chi connectivity index (χ3v) is 1.75. The van der Waals surface area contributed by atoms with Crippen molar-refractivity contribution in [1.82, 2.24) is 5.32 Å². The zero-order valence-electron chi connectivity index (χ0n) is 10.4. The predicted octanol–water partition coefficient (Wildman–Crippen LogP) is 0.729. The zero-order chi connectivity index (χ0) is 13.6. The summed E-state index contributed by atoms with van der Waals surface area (Å²) in [5.74, 6) is -0.622. The van der Waals surface area contributed by atoms with Crippen LogP contribution in [-0.4, -0.2) is 35.8 Å². The van der Waals surface area contributed by atoms with Crippen LogP contribution >= 0.6 is 12.2 Å². The number of amides is 1. The van der Waals surface area contributed by atoms with Gasteiger partial charge in [0.15, 0.2) is 0 Å². The molecule has 0 aliphatic carbocycles. The summed E-state index contributed by atoms with van der Waals surface area (Å²) in [6.45, 7) is 5.15. The molecular formula is C10H18N2O4S. The van der Waals surface area contributed by atoms with Crippen molar-refractivity contribution < 1.29 is 19.1 Å². The molecular weight excluding hydrogens is 244 g/mol. The molecule has 1 unspecified atom stereocenters. The fourth-order valence-electron chi connectivity index (χ4n) is 0.987. The molecule has 98 valence electrons. The van der Waals surface area contributed by atoms with Crippen molar-refractivity contribution in [3.63, 3.8) is 0 Å². The Balaban J connectivity index is 4.48. The topological polar surface area (TPSA) is 90.6 Å². The summed E-state index contributed by atoms with van der Waals surface area (Å²) >= 11 is 4.68. The van der Waals surface area contributed by atoms with Crippen molar-refractivity contribution >= 4 is 29.3 Å². The molecule has 1 amide bonds. The van der Waals surface area contributed by atoms with E-state index >= 15 is 0 Å². The maximum absolute atomic E-state index is 11.4. The molecule has 6 nitrogen and oxygen atoms in total. The van der Waals surface area contributed by atoms with Gasteiger partial charge in [-0.2, -0.15) is 0 Å². The smallest absolute Gasteiger partial charge is 0.408 e. The highest BCUT2D eigenvalue weighted by Gasteiger charge is 2.25. The molecule has 0 spiro atoms. The van der Waals surface area contributed by atoms with Crippen molar-refractivity contribution in [1.29, 1.82) is 0 Å². The molecule has 0 aromatic carbocycles. The molecule has 0 heterocycles. The van der Waals surface area contributed by atoms with Crippen LogP contribution in [0.3, 0.4) is 0 Å². The third kappa shape index (κ3) is 7.51. The first-order chi connectivity index (χ1) is 7.65. The van der Waals surface area contributed by atoms with E-state index in [9.17, 15) is 9.59 Å². The number of nitrogens with two attached hydrogens (primary N) is 1. The SMILES string of the molecule is COC(=O)C(CC(N)=S)NC(=O)OC(C)(C)C. The van der Waals surface area contributed by atoms with E-state index in [4.69, 9.17) is 10.5 Å². The third-order valence-electron chi connectivity index (χ3n) is 1.58. The van der Waals surface area contributed by atoms with E-state index < -0.39 is 23.7 Å². The van der Waals surface area contributed by atoms with Gasteiger partial charge in [-0.15, -0.1) is 0 Å². The number of carbonyl (C=O) groups is 2. The summed E-state index contributed by atoms with van der Waals surface area (Å²) in [6.07, 6.45) is -0.689. The van der Waals surface area contributed by atoms with Crippen LogP contribution in [0.2, 0.25) is 0 Å². The number of nitrogens with one attached hydrogen (secondary N) is 1. The van der Waals surface area contributed by atoms with Crippen molar-refractivity contribution in [2.24, 2.45) is 5.73 Å². The van der Waals surface area contributed by atoms with Crippen LogP contribution in [0.5, 0.6) is 0 Å². The van der Waals surface area contributed by atoms with Gasteiger partial charge in [0.25, 0.3) is 0 Å². The first-order valence-corrected chi connectivity index (χ1v) is 5.42. The van der Waals surface area contributed by atoms with Crippen LogP contribution in [0.15, 0.2) is 0 Å². The zero-order valence-corrected chi connectivity index (χ0v) is 11.2. The number of carbonyl (C=O) groups excluding carboxylic acids is 2. The summed E-state index contributed by atoms with van der Waals surface area (Å²) in [5.41, 5.74) is 4.68. The lowest BCUT2D eigenvalue weighted by molar-refractivity contribution is -0.142. The van der Waals surface area contributed by atoms with Gasteiger partial charge in [-0.25, -0.2) is 9.59 Å². The van der Waals surface area contributed by atoms with Crippen LogP contribution in [0, 0.1) is 0 Å². The Morgan fingerprint density at radius 3 is 2.29 bits per heavy atom. The molecule has 0 radical (unpaired) electrons. The average Bonchev–Trinajstić information content (AvgIpc) is 2.11. The van der Waals surface area contributed by atoms with E-state index in [1.807, 2.05) is 0 Å². The molecule has 0 aromatic rings. The molecule has 0 bridgehead atoms. The Morgan fingerprint density at radius 1 is 1.41 bits per heavy atom. The lowest BCUT2D eigenvalue weighted by Gasteiger charge is -2.22. The van der Waals surface area contributed by atoms with Crippen LogP contribution in [-0.2, 0) is 14.3 Å².